The van der Waals surface area contributed by atoms with Crippen LogP contribution >= 0.6 is 0 Å². The van der Waals surface area contributed by atoms with Gasteiger partial charge in [-0.15, -0.1) is 0 Å². The first kappa shape index (κ1) is 22.9. The van der Waals surface area contributed by atoms with E-state index in [1.165, 1.54) is 6.42 Å². The van der Waals surface area contributed by atoms with E-state index in [2.05, 4.69) is 5.32 Å². The maximum absolute atomic E-state index is 12.2. The number of nitrogens with one attached hydrogen (secondary N) is 1. The Balaban J connectivity index is 1.77. The highest BCUT2D eigenvalue weighted by Gasteiger charge is 2.18. The lowest BCUT2D eigenvalue weighted by atomic mass is 9.98. The molecular weight excluding hydrogens is 398 g/mol. The Labute approximate surface area is 183 Å². The molecule has 1 saturated carbocycles. The van der Waals surface area contributed by atoms with Crippen LogP contribution in [0.15, 0.2) is 36.4 Å². The molecule has 168 valence electrons. The molecule has 2 aromatic carbocycles. The maximum Gasteiger partial charge on any atom is 0.411 e. The fourth-order valence-corrected chi connectivity index (χ4v) is 3.68. The molecular formula is C24H31NO6. The highest BCUT2D eigenvalue weighted by Crippen LogP contribution is 2.40. The van der Waals surface area contributed by atoms with Gasteiger partial charge in [0.25, 0.3) is 0 Å². The van der Waals surface area contributed by atoms with E-state index in [0.717, 1.165) is 42.4 Å². The van der Waals surface area contributed by atoms with Gasteiger partial charge in [-0.1, -0.05) is 18.6 Å². The van der Waals surface area contributed by atoms with E-state index in [1.807, 2.05) is 43.3 Å². The van der Waals surface area contributed by atoms with Crippen molar-refractivity contribution in [3.05, 3.63) is 42.0 Å². The SMILES string of the molecule is COCOc1cc(C)cc(OCOC)c1-c1ccc(NC(=O)OC2CCCCC2)cc1. The van der Waals surface area contributed by atoms with Gasteiger partial charge < -0.3 is 23.7 Å². The van der Waals surface area contributed by atoms with E-state index in [4.69, 9.17) is 23.7 Å². The summed E-state index contributed by atoms with van der Waals surface area (Å²) in [6.07, 6.45) is 4.93. The third kappa shape index (κ3) is 6.60. The Hall–Kier alpha value is -2.77. The van der Waals surface area contributed by atoms with Crippen LogP contribution in [0.2, 0.25) is 0 Å². The van der Waals surface area contributed by atoms with Crippen molar-refractivity contribution in [3.63, 3.8) is 0 Å². The predicted octanol–water partition coefficient (Wildman–Crippen LogP) is 5.51. The minimum absolute atomic E-state index is 0.0153. The number of methoxy groups -OCH3 is 2. The third-order valence-corrected chi connectivity index (χ3v) is 5.12. The number of rotatable bonds is 9. The van der Waals surface area contributed by atoms with E-state index in [0.29, 0.717) is 17.2 Å². The van der Waals surface area contributed by atoms with Gasteiger partial charge >= 0.3 is 6.09 Å². The number of carbonyl (C=O) groups is 1. The number of carbonyl (C=O) groups excluding carboxylic acids is 1. The van der Waals surface area contributed by atoms with Crippen LogP contribution in [0.5, 0.6) is 11.5 Å². The van der Waals surface area contributed by atoms with Crippen molar-refractivity contribution < 1.29 is 28.5 Å². The fraction of sp³-hybridized carbons (Fsp3) is 0.458. The van der Waals surface area contributed by atoms with Gasteiger partial charge in [-0.05, 0) is 68.0 Å². The summed E-state index contributed by atoms with van der Waals surface area (Å²) in [5, 5.41) is 2.81. The zero-order valence-corrected chi connectivity index (χ0v) is 18.4. The summed E-state index contributed by atoms with van der Waals surface area (Å²) >= 11 is 0. The molecule has 0 aliphatic heterocycles. The molecule has 2 aromatic rings. The van der Waals surface area contributed by atoms with E-state index in [-0.39, 0.29) is 19.7 Å². The number of hydrogen-bond donors (Lipinski definition) is 1. The van der Waals surface area contributed by atoms with Crippen molar-refractivity contribution in [2.45, 2.75) is 45.1 Å². The van der Waals surface area contributed by atoms with Gasteiger partial charge in [0.2, 0.25) is 0 Å². The van der Waals surface area contributed by atoms with Gasteiger partial charge in [-0.2, -0.15) is 0 Å². The molecule has 0 atom stereocenters. The van der Waals surface area contributed by atoms with Gasteiger partial charge in [-0.3, -0.25) is 5.32 Å². The number of hydrogen-bond acceptors (Lipinski definition) is 6. The zero-order chi connectivity index (χ0) is 22.1. The van der Waals surface area contributed by atoms with Gasteiger partial charge in [0, 0.05) is 19.9 Å². The van der Waals surface area contributed by atoms with Crippen molar-refractivity contribution in [3.8, 4) is 22.6 Å². The minimum atomic E-state index is -0.414. The molecule has 1 amide bonds. The Kier molecular flexibility index (Phi) is 8.55. The molecule has 0 saturated heterocycles. The van der Waals surface area contributed by atoms with Crippen LogP contribution in [-0.2, 0) is 14.2 Å². The van der Waals surface area contributed by atoms with E-state index < -0.39 is 6.09 Å². The summed E-state index contributed by atoms with van der Waals surface area (Å²) in [5.41, 5.74) is 3.32. The van der Waals surface area contributed by atoms with E-state index >= 15 is 0 Å². The average Bonchev–Trinajstić information content (AvgIpc) is 2.77. The van der Waals surface area contributed by atoms with Crippen LogP contribution in [0, 0.1) is 6.92 Å². The molecule has 3 rings (SSSR count). The van der Waals surface area contributed by atoms with Gasteiger partial charge in [0.05, 0.1) is 5.56 Å². The number of benzene rings is 2. The van der Waals surface area contributed by atoms with Crippen LogP contribution in [0.4, 0.5) is 10.5 Å². The quantitative estimate of drug-likeness (QED) is 0.530. The summed E-state index contributed by atoms with van der Waals surface area (Å²) in [6, 6.07) is 11.3. The summed E-state index contributed by atoms with van der Waals surface area (Å²) in [6.45, 7) is 2.20. The smallest absolute Gasteiger partial charge is 0.411 e. The average molecular weight is 430 g/mol. The topological polar surface area (TPSA) is 75.3 Å². The Morgan fingerprint density at radius 1 is 0.935 bits per heavy atom. The second-order valence-corrected chi connectivity index (χ2v) is 7.61. The Morgan fingerprint density at radius 2 is 1.52 bits per heavy atom. The van der Waals surface area contributed by atoms with Crippen molar-refractivity contribution >= 4 is 11.8 Å². The molecule has 0 heterocycles. The zero-order valence-electron chi connectivity index (χ0n) is 18.4. The second-order valence-electron chi connectivity index (χ2n) is 7.61. The molecule has 0 bridgehead atoms. The predicted molar refractivity (Wildman–Crippen MR) is 119 cm³/mol. The van der Waals surface area contributed by atoms with Crippen LogP contribution in [-0.4, -0.2) is 40.0 Å². The Morgan fingerprint density at radius 3 is 2.06 bits per heavy atom. The van der Waals surface area contributed by atoms with E-state index in [9.17, 15) is 4.79 Å². The second kappa shape index (κ2) is 11.6. The fourth-order valence-electron chi connectivity index (χ4n) is 3.68. The molecule has 1 N–H and O–H groups in total. The van der Waals surface area contributed by atoms with Crippen molar-refractivity contribution in [1.29, 1.82) is 0 Å². The summed E-state index contributed by atoms with van der Waals surface area (Å²) in [5.74, 6) is 1.29. The lowest BCUT2D eigenvalue weighted by molar-refractivity contribution is 0.0468. The van der Waals surface area contributed by atoms with Crippen LogP contribution in [0.25, 0.3) is 11.1 Å². The number of aryl methyl sites for hydroxylation is 1. The van der Waals surface area contributed by atoms with Gasteiger partial charge in [0.15, 0.2) is 13.6 Å². The molecule has 0 aromatic heterocycles. The molecule has 1 aliphatic carbocycles. The highest BCUT2D eigenvalue weighted by atomic mass is 16.7. The molecule has 7 heteroatoms. The molecule has 0 spiro atoms. The largest absolute Gasteiger partial charge is 0.467 e. The van der Waals surface area contributed by atoms with Gasteiger partial charge in [0.1, 0.15) is 17.6 Å². The van der Waals surface area contributed by atoms with Crippen LogP contribution < -0.4 is 14.8 Å². The monoisotopic (exact) mass is 429 g/mol. The van der Waals surface area contributed by atoms with Crippen LogP contribution in [0.3, 0.4) is 0 Å². The third-order valence-electron chi connectivity index (χ3n) is 5.12. The Bertz CT molecular complexity index is 817. The van der Waals surface area contributed by atoms with Crippen LogP contribution in [0.1, 0.15) is 37.7 Å². The minimum Gasteiger partial charge on any atom is -0.467 e. The number of ether oxygens (including phenoxy) is 5. The van der Waals surface area contributed by atoms with Crippen molar-refractivity contribution in [1.82, 2.24) is 0 Å². The number of anilines is 1. The molecule has 7 nitrogen and oxygen atoms in total. The lowest BCUT2D eigenvalue weighted by Crippen LogP contribution is -2.24. The first-order valence-electron chi connectivity index (χ1n) is 10.6. The maximum atomic E-state index is 12.2. The van der Waals surface area contributed by atoms with Crippen molar-refractivity contribution in [2.75, 3.05) is 33.1 Å². The summed E-state index contributed by atoms with van der Waals surface area (Å²) in [7, 11) is 3.15. The van der Waals surface area contributed by atoms with Gasteiger partial charge in [-0.25, -0.2) is 4.79 Å². The molecule has 1 aliphatic rings. The first-order valence-corrected chi connectivity index (χ1v) is 10.6. The summed E-state index contributed by atoms with van der Waals surface area (Å²) in [4.78, 5) is 12.2. The first-order chi connectivity index (χ1) is 15.1. The highest BCUT2D eigenvalue weighted by molar-refractivity contribution is 5.86. The normalized spacial score (nSPS) is 14.2. The molecule has 0 unspecified atom stereocenters. The number of amides is 1. The summed E-state index contributed by atoms with van der Waals surface area (Å²) < 4.78 is 27.3. The lowest BCUT2D eigenvalue weighted by Gasteiger charge is -2.22. The molecule has 31 heavy (non-hydrogen) atoms. The molecule has 1 fully saturated rings. The molecule has 0 radical (unpaired) electrons. The standard InChI is InChI=1S/C24H31NO6/c1-17-13-21(29-15-27-2)23(22(14-17)30-16-28-3)18-9-11-19(12-10-18)25-24(26)31-20-7-5-4-6-8-20/h9-14,20H,4-8,15-16H2,1-3H3,(H,25,26). The van der Waals surface area contributed by atoms with Crippen molar-refractivity contribution in [2.24, 2.45) is 0 Å². The van der Waals surface area contributed by atoms with E-state index in [1.54, 1.807) is 14.2 Å².